The summed E-state index contributed by atoms with van der Waals surface area (Å²) in [6, 6.07) is 4.98. The fourth-order valence-corrected chi connectivity index (χ4v) is 5.85. The van der Waals surface area contributed by atoms with Gasteiger partial charge in [-0.05, 0) is 92.7 Å². The van der Waals surface area contributed by atoms with Gasteiger partial charge >= 0.3 is 0 Å². The Balaban J connectivity index is 1.33. The van der Waals surface area contributed by atoms with Crippen molar-refractivity contribution in [2.75, 3.05) is 6.61 Å². The zero-order chi connectivity index (χ0) is 28.8. The Labute approximate surface area is 232 Å². The van der Waals surface area contributed by atoms with Gasteiger partial charge in [-0.2, -0.15) is 8.78 Å². The lowest BCUT2D eigenvalue weighted by Crippen LogP contribution is -2.33. The van der Waals surface area contributed by atoms with Gasteiger partial charge < -0.3 is 9.47 Å². The molecule has 2 unspecified atom stereocenters. The number of alkyl halides is 2. The maximum absolute atomic E-state index is 14.8. The SMILES string of the molecule is C=CC1CCC(c2ccc(COc3ccc(OCC(F)C(F)C4CCC(C=C)CC4)c(F)c3F)c(F)c2F)CC1. The molecule has 2 aliphatic rings. The minimum atomic E-state index is -2.00. The lowest BCUT2D eigenvalue weighted by atomic mass is 9.78. The van der Waals surface area contributed by atoms with Crippen LogP contribution in [0, 0.1) is 41.0 Å². The average molecular weight is 567 g/mol. The summed E-state index contributed by atoms with van der Waals surface area (Å²) in [6.45, 7) is 6.22. The van der Waals surface area contributed by atoms with E-state index in [2.05, 4.69) is 13.2 Å². The molecule has 8 heteroatoms. The lowest BCUT2D eigenvalue weighted by molar-refractivity contribution is 0.0515. The van der Waals surface area contributed by atoms with Gasteiger partial charge in [0.05, 0.1) is 0 Å². The van der Waals surface area contributed by atoms with E-state index < -0.39 is 66.2 Å². The number of rotatable bonds is 11. The molecule has 2 atom stereocenters. The van der Waals surface area contributed by atoms with Crippen molar-refractivity contribution in [2.45, 2.75) is 76.2 Å². The van der Waals surface area contributed by atoms with E-state index in [1.807, 2.05) is 12.2 Å². The molecule has 2 fully saturated rings. The first-order chi connectivity index (χ1) is 19.2. The average Bonchev–Trinajstić information content (AvgIpc) is 2.99. The summed E-state index contributed by atoms with van der Waals surface area (Å²) in [7, 11) is 0. The zero-order valence-corrected chi connectivity index (χ0v) is 22.5. The lowest BCUT2D eigenvalue weighted by Gasteiger charge is -2.30. The van der Waals surface area contributed by atoms with Gasteiger partial charge in [-0.15, -0.1) is 13.2 Å². The Kier molecular flexibility index (Phi) is 10.3. The van der Waals surface area contributed by atoms with Crippen molar-refractivity contribution in [1.82, 2.24) is 0 Å². The molecule has 40 heavy (non-hydrogen) atoms. The topological polar surface area (TPSA) is 18.5 Å². The molecule has 0 heterocycles. The van der Waals surface area contributed by atoms with Crippen LogP contribution in [0.25, 0.3) is 0 Å². The molecule has 0 aromatic heterocycles. The van der Waals surface area contributed by atoms with Gasteiger partial charge in [0.25, 0.3) is 0 Å². The van der Waals surface area contributed by atoms with Crippen LogP contribution < -0.4 is 9.47 Å². The van der Waals surface area contributed by atoms with Gasteiger partial charge in [0, 0.05) is 5.56 Å². The number of allylic oxidation sites excluding steroid dienone is 2. The van der Waals surface area contributed by atoms with Crippen molar-refractivity contribution < 1.29 is 35.8 Å². The summed E-state index contributed by atoms with van der Waals surface area (Å²) in [5.41, 5.74) is 0.158. The highest BCUT2D eigenvalue weighted by molar-refractivity contribution is 5.36. The molecular weight excluding hydrogens is 530 g/mol. The summed E-state index contributed by atoms with van der Waals surface area (Å²) in [5.74, 6) is -5.92. The summed E-state index contributed by atoms with van der Waals surface area (Å²) >= 11 is 0. The molecule has 0 saturated heterocycles. The summed E-state index contributed by atoms with van der Waals surface area (Å²) in [4.78, 5) is 0. The van der Waals surface area contributed by atoms with Crippen LogP contribution in [0.4, 0.5) is 26.3 Å². The van der Waals surface area contributed by atoms with Crippen LogP contribution in [-0.4, -0.2) is 19.0 Å². The molecule has 2 nitrogen and oxygen atoms in total. The van der Waals surface area contributed by atoms with E-state index in [-0.39, 0.29) is 11.5 Å². The van der Waals surface area contributed by atoms with Gasteiger partial charge in [-0.3, -0.25) is 0 Å². The Hall–Kier alpha value is -2.90. The van der Waals surface area contributed by atoms with E-state index in [0.717, 1.165) is 50.7 Å². The zero-order valence-electron chi connectivity index (χ0n) is 22.5. The fraction of sp³-hybridized carbons (Fsp3) is 0.500. The monoisotopic (exact) mass is 566 g/mol. The normalized spacial score (nSPS) is 24.6. The molecule has 0 aliphatic heterocycles. The first-order valence-electron chi connectivity index (χ1n) is 14.0. The second kappa shape index (κ2) is 13.6. The third-order valence-electron chi connectivity index (χ3n) is 8.48. The summed E-state index contributed by atoms with van der Waals surface area (Å²) in [6.07, 6.45) is 5.65. The standard InChI is InChI=1S/C32H36F6O2/c1-3-19-5-9-21(10-6-19)24-14-13-23(29(35)30(24)36)17-39-26-15-16-27(32(38)31(26)37)40-18-25(33)28(34)22-11-7-20(4-2)8-12-22/h3-4,13-16,19-22,25,28H,1-2,5-12,17-18H2. The molecule has 2 aromatic carbocycles. The largest absolute Gasteiger partial charge is 0.487 e. The molecule has 2 aromatic rings. The molecule has 0 radical (unpaired) electrons. The van der Waals surface area contributed by atoms with Crippen LogP contribution in [0.5, 0.6) is 11.5 Å². The molecule has 0 spiro atoms. The molecule has 4 rings (SSSR count). The van der Waals surface area contributed by atoms with E-state index in [1.54, 1.807) is 0 Å². The number of ether oxygens (including phenoxy) is 2. The van der Waals surface area contributed by atoms with Crippen molar-refractivity contribution in [3.63, 3.8) is 0 Å². The minimum absolute atomic E-state index is 0.0939. The van der Waals surface area contributed by atoms with Crippen molar-refractivity contribution in [2.24, 2.45) is 17.8 Å². The molecule has 0 amide bonds. The van der Waals surface area contributed by atoms with Gasteiger partial charge in [0.1, 0.15) is 19.4 Å². The van der Waals surface area contributed by atoms with E-state index in [1.165, 1.54) is 12.1 Å². The number of benzene rings is 2. The highest BCUT2D eigenvalue weighted by Gasteiger charge is 2.33. The van der Waals surface area contributed by atoms with Gasteiger partial charge in [-0.25, -0.2) is 17.6 Å². The van der Waals surface area contributed by atoms with Crippen molar-refractivity contribution in [3.05, 3.63) is 84.0 Å². The second-order valence-electron chi connectivity index (χ2n) is 10.9. The summed E-state index contributed by atoms with van der Waals surface area (Å²) in [5, 5.41) is 0. The smallest absolute Gasteiger partial charge is 0.204 e. The van der Waals surface area contributed by atoms with Crippen molar-refractivity contribution >= 4 is 0 Å². The predicted octanol–water partition coefficient (Wildman–Crippen LogP) is 9.33. The van der Waals surface area contributed by atoms with E-state index in [0.29, 0.717) is 30.2 Å². The van der Waals surface area contributed by atoms with Crippen molar-refractivity contribution in [1.29, 1.82) is 0 Å². The fourth-order valence-electron chi connectivity index (χ4n) is 5.85. The van der Waals surface area contributed by atoms with Crippen LogP contribution in [0.2, 0.25) is 0 Å². The summed E-state index contributed by atoms with van der Waals surface area (Å²) < 4.78 is 98.2. The molecule has 0 N–H and O–H groups in total. The Morgan fingerprint density at radius 1 is 0.700 bits per heavy atom. The molecular formula is C32H36F6O2. The van der Waals surface area contributed by atoms with Gasteiger partial charge in [0.15, 0.2) is 29.3 Å². The maximum atomic E-state index is 14.8. The molecule has 218 valence electrons. The van der Waals surface area contributed by atoms with E-state index in [9.17, 15) is 26.3 Å². The number of hydrogen-bond donors (Lipinski definition) is 0. The Bertz CT molecular complexity index is 1170. The maximum Gasteiger partial charge on any atom is 0.204 e. The highest BCUT2D eigenvalue weighted by Crippen LogP contribution is 2.38. The number of halogens is 6. The van der Waals surface area contributed by atoms with E-state index in [4.69, 9.17) is 9.47 Å². The Morgan fingerprint density at radius 2 is 1.25 bits per heavy atom. The van der Waals surface area contributed by atoms with Crippen molar-refractivity contribution in [3.8, 4) is 11.5 Å². The quantitative estimate of drug-likeness (QED) is 0.199. The van der Waals surface area contributed by atoms with Crippen LogP contribution in [-0.2, 0) is 6.61 Å². The van der Waals surface area contributed by atoms with Gasteiger partial charge in [-0.1, -0.05) is 24.3 Å². The Morgan fingerprint density at radius 3 is 1.82 bits per heavy atom. The van der Waals surface area contributed by atoms with Crippen LogP contribution in [0.3, 0.4) is 0 Å². The highest BCUT2D eigenvalue weighted by atomic mass is 19.2. The minimum Gasteiger partial charge on any atom is -0.487 e. The van der Waals surface area contributed by atoms with Crippen LogP contribution in [0.1, 0.15) is 68.4 Å². The third kappa shape index (κ3) is 6.87. The molecule has 2 saturated carbocycles. The molecule has 2 aliphatic carbocycles. The first-order valence-corrected chi connectivity index (χ1v) is 14.0. The van der Waals surface area contributed by atoms with Crippen LogP contribution >= 0.6 is 0 Å². The third-order valence-corrected chi connectivity index (χ3v) is 8.48. The molecule has 0 bridgehead atoms. The second-order valence-corrected chi connectivity index (χ2v) is 10.9. The first kappa shape index (κ1) is 30.1. The van der Waals surface area contributed by atoms with E-state index >= 15 is 0 Å². The van der Waals surface area contributed by atoms with Gasteiger partial charge in [0.2, 0.25) is 11.6 Å². The number of hydrogen-bond acceptors (Lipinski definition) is 2. The predicted molar refractivity (Wildman–Crippen MR) is 143 cm³/mol. The van der Waals surface area contributed by atoms with Crippen LogP contribution in [0.15, 0.2) is 49.6 Å².